The summed E-state index contributed by atoms with van der Waals surface area (Å²) < 4.78 is 31.8. The molecule has 4 heteroatoms. The van der Waals surface area contributed by atoms with Gasteiger partial charge in [0.15, 0.2) is 11.6 Å². The first kappa shape index (κ1) is 12.1. The van der Waals surface area contributed by atoms with E-state index in [1.54, 1.807) is 6.07 Å². The summed E-state index contributed by atoms with van der Waals surface area (Å²) in [6.45, 7) is 2.18. The second kappa shape index (κ2) is 4.59. The molecule has 2 aliphatic heterocycles. The average Bonchev–Trinajstić information content (AvgIpc) is 2.34. The molecule has 0 spiro atoms. The van der Waals surface area contributed by atoms with E-state index in [9.17, 15) is 8.78 Å². The summed E-state index contributed by atoms with van der Waals surface area (Å²) in [6, 6.07) is 4.55. The Morgan fingerprint density at radius 3 is 2.56 bits per heavy atom. The highest BCUT2D eigenvalue weighted by molar-refractivity contribution is 5.32. The number of nitrogens with one attached hydrogen (secondary N) is 1. The quantitative estimate of drug-likeness (QED) is 0.873. The number of piperidine rings is 1. The topological polar surface area (TPSA) is 21.3 Å². The lowest BCUT2D eigenvalue weighted by molar-refractivity contribution is -0.0828. The zero-order chi connectivity index (χ0) is 12.6. The lowest BCUT2D eigenvalue weighted by Crippen LogP contribution is -2.61. The smallest absolute Gasteiger partial charge is 0.159 e. The monoisotopic (exact) mass is 253 g/mol. The van der Waals surface area contributed by atoms with Gasteiger partial charge >= 0.3 is 0 Å². The van der Waals surface area contributed by atoms with E-state index < -0.39 is 11.6 Å². The molecule has 1 aromatic carbocycles. The van der Waals surface area contributed by atoms with Gasteiger partial charge in [0.05, 0.1) is 18.6 Å². The summed E-state index contributed by atoms with van der Waals surface area (Å²) in [6.07, 6.45) is 3.44. The van der Waals surface area contributed by atoms with E-state index >= 15 is 0 Å². The molecule has 1 N–H and O–H groups in total. The van der Waals surface area contributed by atoms with Crippen LogP contribution in [0.4, 0.5) is 8.78 Å². The van der Waals surface area contributed by atoms with Gasteiger partial charge in [0, 0.05) is 6.04 Å². The molecule has 18 heavy (non-hydrogen) atoms. The number of ether oxygens (including phenoxy) is 1. The van der Waals surface area contributed by atoms with Crippen molar-refractivity contribution in [3.05, 3.63) is 35.4 Å². The van der Waals surface area contributed by atoms with Crippen molar-refractivity contribution >= 4 is 0 Å². The molecule has 0 radical (unpaired) electrons. The van der Waals surface area contributed by atoms with E-state index in [0.717, 1.165) is 18.5 Å². The van der Waals surface area contributed by atoms with Gasteiger partial charge in [-0.2, -0.15) is 0 Å². The van der Waals surface area contributed by atoms with Crippen LogP contribution in [-0.2, 0) is 10.2 Å². The summed E-state index contributed by atoms with van der Waals surface area (Å²) in [5, 5.41) is 3.50. The molecule has 3 rings (SSSR count). The molecular formula is C14H17F2NO. The van der Waals surface area contributed by atoms with Gasteiger partial charge in [0.25, 0.3) is 0 Å². The lowest BCUT2D eigenvalue weighted by atomic mass is 9.70. The Labute approximate surface area is 105 Å². The minimum Gasteiger partial charge on any atom is -0.379 e. The molecule has 0 aliphatic carbocycles. The molecule has 2 saturated heterocycles. The van der Waals surface area contributed by atoms with Gasteiger partial charge in [-0.05, 0) is 37.1 Å². The molecule has 1 unspecified atom stereocenters. The maximum absolute atomic E-state index is 13.4. The normalized spacial score (nSPS) is 26.7. The Bertz CT molecular complexity index is 439. The Balaban J connectivity index is 1.92. The molecule has 98 valence electrons. The van der Waals surface area contributed by atoms with Crippen LogP contribution in [0.2, 0.25) is 0 Å². The van der Waals surface area contributed by atoms with Crippen molar-refractivity contribution in [3.63, 3.8) is 0 Å². The van der Waals surface area contributed by atoms with Crippen molar-refractivity contribution in [1.29, 1.82) is 0 Å². The fourth-order valence-corrected chi connectivity index (χ4v) is 3.02. The third-order valence-corrected chi connectivity index (χ3v) is 4.19. The molecule has 1 aromatic rings. The van der Waals surface area contributed by atoms with E-state index in [0.29, 0.717) is 19.3 Å². The summed E-state index contributed by atoms with van der Waals surface area (Å²) in [7, 11) is 0. The average molecular weight is 253 g/mol. The summed E-state index contributed by atoms with van der Waals surface area (Å²) in [5.74, 6) is -1.56. The maximum Gasteiger partial charge on any atom is 0.159 e. The van der Waals surface area contributed by atoms with Crippen LogP contribution in [0.15, 0.2) is 18.2 Å². The number of halogens is 2. The second-order valence-corrected chi connectivity index (χ2v) is 5.28. The standard InChI is InChI=1S/C14H17F2NO/c15-11-5-4-10(7-12(11)16)14(8-18-9-14)13-3-1-2-6-17-13/h4-5,7,13,17H,1-3,6,8-9H2. The number of hydrogen-bond acceptors (Lipinski definition) is 2. The van der Waals surface area contributed by atoms with E-state index in [4.69, 9.17) is 4.74 Å². The van der Waals surface area contributed by atoms with Crippen molar-refractivity contribution in [2.24, 2.45) is 0 Å². The zero-order valence-corrected chi connectivity index (χ0v) is 10.2. The van der Waals surface area contributed by atoms with Crippen molar-refractivity contribution in [2.75, 3.05) is 19.8 Å². The first-order valence-electron chi connectivity index (χ1n) is 6.49. The molecule has 0 bridgehead atoms. The molecule has 1 atom stereocenters. The van der Waals surface area contributed by atoms with Crippen molar-refractivity contribution in [1.82, 2.24) is 5.32 Å². The molecule has 0 amide bonds. The Kier molecular flexibility index (Phi) is 3.08. The van der Waals surface area contributed by atoms with Gasteiger partial charge < -0.3 is 10.1 Å². The number of benzene rings is 1. The summed E-state index contributed by atoms with van der Waals surface area (Å²) in [5.41, 5.74) is 0.682. The number of hydrogen-bond donors (Lipinski definition) is 1. The molecule has 2 fully saturated rings. The van der Waals surface area contributed by atoms with Gasteiger partial charge in [0.1, 0.15) is 0 Å². The summed E-state index contributed by atoms with van der Waals surface area (Å²) >= 11 is 0. The Hall–Kier alpha value is -1.00. The van der Waals surface area contributed by atoms with Crippen LogP contribution in [0, 0.1) is 11.6 Å². The minimum atomic E-state index is -0.786. The highest BCUT2D eigenvalue weighted by Gasteiger charge is 2.47. The van der Waals surface area contributed by atoms with Crippen molar-refractivity contribution < 1.29 is 13.5 Å². The van der Waals surface area contributed by atoms with Crippen LogP contribution in [0.5, 0.6) is 0 Å². The van der Waals surface area contributed by atoms with Crippen molar-refractivity contribution in [2.45, 2.75) is 30.7 Å². The predicted octanol–water partition coefficient (Wildman–Crippen LogP) is 2.37. The second-order valence-electron chi connectivity index (χ2n) is 5.28. The predicted molar refractivity (Wildman–Crippen MR) is 64.5 cm³/mol. The third kappa shape index (κ3) is 1.84. The highest BCUT2D eigenvalue weighted by Crippen LogP contribution is 2.39. The lowest BCUT2D eigenvalue weighted by Gasteiger charge is -2.49. The molecule has 2 aliphatic rings. The third-order valence-electron chi connectivity index (χ3n) is 4.19. The molecule has 0 aromatic heterocycles. The summed E-state index contributed by atoms with van der Waals surface area (Å²) in [4.78, 5) is 0. The van der Waals surface area contributed by atoms with Crippen LogP contribution in [0.3, 0.4) is 0 Å². The SMILES string of the molecule is Fc1ccc(C2(C3CCCCN3)COC2)cc1F. The van der Waals surface area contributed by atoms with Gasteiger partial charge in [-0.3, -0.25) is 0 Å². The molecule has 2 heterocycles. The highest BCUT2D eigenvalue weighted by atomic mass is 19.2. The minimum absolute atomic E-state index is 0.172. The Morgan fingerprint density at radius 1 is 1.17 bits per heavy atom. The van der Waals surface area contributed by atoms with E-state index in [-0.39, 0.29) is 5.41 Å². The van der Waals surface area contributed by atoms with E-state index in [1.807, 2.05) is 0 Å². The van der Waals surface area contributed by atoms with Gasteiger partial charge in [-0.1, -0.05) is 12.5 Å². The maximum atomic E-state index is 13.4. The van der Waals surface area contributed by atoms with Crippen molar-refractivity contribution in [3.8, 4) is 0 Å². The number of rotatable bonds is 2. The van der Waals surface area contributed by atoms with Crippen LogP contribution in [-0.4, -0.2) is 25.8 Å². The fraction of sp³-hybridized carbons (Fsp3) is 0.571. The van der Waals surface area contributed by atoms with Crippen LogP contribution in [0.1, 0.15) is 24.8 Å². The zero-order valence-electron chi connectivity index (χ0n) is 10.2. The van der Waals surface area contributed by atoms with Gasteiger partial charge in [-0.25, -0.2) is 8.78 Å². The van der Waals surface area contributed by atoms with Gasteiger partial charge in [0.2, 0.25) is 0 Å². The van der Waals surface area contributed by atoms with E-state index in [1.165, 1.54) is 25.0 Å². The van der Waals surface area contributed by atoms with Crippen LogP contribution >= 0.6 is 0 Å². The van der Waals surface area contributed by atoms with Crippen LogP contribution < -0.4 is 5.32 Å². The largest absolute Gasteiger partial charge is 0.379 e. The Morgan fingerprint density at radius 2 is 2.00 bits per heavy atom. The van der Waals surface area contributed by atoms with Crippen LogP contribution in [0.25, 0.3) is 0 Å². The van der Waals surface area contributed by atoms with Gasteiger partial charge in [-0.15, -0.1) is 0 Å². The molecule has 2 nitrogen and oxygen atoms in total. The van der Waals surface area contributed by atoms with E-state index in [2.05, 4.69) is 5.32 Å². The molecular weight excluding hydrogens is 236 g/mol. The first-order chi connectivity index (χ1) is 8.72. The molecule has 0 saturated carbocycles. The first-order valence-corrected chi connectivity index (χ1v) is 6.49. The fourth-order valence-electron chi connectivity index (χ4n) is 3.02.